The monoisotopic (exact) mass is 372 g/mol. The van der Waals surface area contributed by atoms with Crippen molar-refractivity contribution in [1.82, 2.24) is 10.4 Å². The summed E-state index contributed by atoms with van der Waals surface area (Å²) in [7, 11) is 0. The average molecular weight is 372 g/mol. The standard InChI is InChI=1S/C22H20N4O2/c23-17-11-13-18(14-12-17)24-22(28)26-20(16-9-5-2-6-10-16)19(21(27)25-26)15-7-3-1-4-8-15/h1-14,19-20H,23H2,(H,24,28)(H,25,27). The number of amides is 3. The van der Waals surface area contributed by atoms with Crippen molar-refractivity contribution < 1.29 is 9.59 Å². The molecule has 2 atom stereocenters. The largest absolute Gasteiger partial charge is 0.399 e. The molecule has 0 aliphatic carbocycles. The van der Waals surface area contributed by atoms with Gasteiger partial charge in [0, 0.05) is 11.4 Å². The number of rotatable bonds is 3. The van der Waals surface area contributed by atoms with E-state index in [1.165, 1.54) is 5.01 Å². The summed E-state index contributed by atoms with van der Waals surface area (Å²) in [5, 5.41) is 4.19. The van der Waals surface area contributed by atoms with Crippen LogP contribution in [0, 0.1) is 0 Å². The van der Waals surface area contributed by atoms with Crippen LogP contribution in [0.5, 0.6) is 0 Å². The van der Waals surface area contributed by atoms with Gasteiger partial charge in [0.05, 0.1) is 12.0 Å². The van der Waals surface area contributed by atoms with Crippen molar-refractivity contribution in [2.24, 2.45) is 0 Å². The van der Waals surface area contributed by atoms with Crippen molar-refractivity contribution in [3.8, 4) is 0 Å². The minimum Gasteiger partial charge on any atom is -0.399 e. The molecule has 0 spiro atoms. The number of carbonyl (C=O) groups excluding carboxylic acids is 2. The molecule has 6 heteroatoms. The van der Waals surface area contributed by atoms with Gasteiger partial charge in [-0.2, -0.15) is 0 Å². The van der Waals surface area contributed by atoms with Crippen molar-refractivity contribution in [2.45, 2.75) is 12.0 Å². The van der Waals surface area contributed by atoms with E-state index < -0.39 is 18.0 Å². The highest BCUT2D eigenvalue weighted by Crippen LogP contribution is 2.39. The Morgan fingerprint density at radius 1 is 0.857 bits per heavy atom. The molecule has 3 amide bonds. The number of hydrazine groups is 1. The minimum atomic E-state index is -0.499. The zero-order valence-electron chi connectivity index (χ0n) is 15.1. The van der Waals surface area contributed by atoms with E-state index in [0.717, 1.165) is 11.1 Å². The van der Waals surface area contributed by atoms with Gasteiger partial charge >= 0.3 is 6.03 Å². The Labute approximate surface area is 162 Å². The van der Waals surface area contributed by atoms with Gasteiger partial charge in [-0.15, -0.1) is 0 Å². The number of nitrogens with two attached hydrogens (primary N) is 1. The van der Waals surface area contributed by atoms with Gasteiger partial charge in [-0.05, 0) is 35.4 Å². The van der Waals surface area contributed by atoms with Gasteiger partial charge in [-0.3, -0.25) is 10.2 Å². The number of hydrogen-bond acceptors (Lipinski definition) is 3. The Bertz CT molecular complexity index is 974. The maximum absolute atomic E-state index is 13.0. The van der Waals surface area contributed by atoms with Crippen LogP contribution >= 0.6 is 0 Å². The van der Waals surface area contributed by atoms with Crippen LogP contribution in [0.15, 0.2) is 84.9 Å². The van der Waals surface area contributed by atoms with Gasteiger partial charge in [0.2, 0.25) is 5.91 Å². The van der Waals surface area contributed by atoms with E-state index in [1.54, 1.807) is 24.3 Å². The Morgan fingerprint density at radius 3 is 2.04 bits per heavy atom. The van der Waals surface area contributed by atoms with E-state index in [9.17, 15) is 9.59 Å². The highest BCUT2D eigenvalue weighted by Gasteiger charge is 2.45. The van der Waals surface area contributed by atoms with E-state index in [4.69, 9.17) is 5.73 Å². The van der Waals surface area contributed by atoms with E-state index in [1.807, 2.05) is 60.7 Å². The summed E-state index contributed by atoms with van der Waals surface area (Å²) in [5.41, 5.74) is 11.4. The van der Waals surface area contributed by atoms with Gasteiger partial charge in [0.1, 0.15) is 0 Å². The van der Waals surface area contributed by atoms with Crippen LogP contribution in [0.4, 0.5) is 16.2 Å². The van der Waals surface area contributed by atoms with Gasteiger partial charge < -0.3 is 11.1 Å². The number of hydrogen-bond donors (Lipinski definition) is 3. The average Bonchev–Trinajstić information content (AvgIpc) is 3.08. The number of urea groups is 1. The molecule has 1 aliphatic rings. The van der Waals surface area contributed by atoms with Crippen LogP contribution in [0.2, 0.25) is 0 Å². The smallest absolute Gasteiger partial charge is 0.341 e. The van der Waals surface area contributed by atoms with E-state index >= 15 is 0 Å². The molecule has 140 valence electrons. The van der Waals surface area contributed by atoms with Crippen molar-refractivity contribution >= 4 is 23.3 Å². The molecular formula is C22H20N4O2. The Kier molecular flexibility index (Phi) is 4.68. The summed E-state index contributed by atoms with van der Waals surface area (Å²) >= 11 is 0. The van der Waals surface area contributed by atoms with Crippen molar-refractivity contribution in [3.05, 3.63) is 96.1 Å². The minimum absolute atomic E-state index is 0.215. The molecule has 0 aromatic heterocycles. The molecule has 0 bridgehead atoms. The molecule has 3 aromatic carbocycles. The lowest BCUT2D eigenvalue weighted by atomic mass is 9.87. The van der Waals surface area contributed by atoms with Gasteiger partial charge in [-0.1, -0.05) is 60.7 Å². The first kappa shape index (κ1) is 17.6. The van der Waals surface area contributed by atoms with Gasteiger partial charge in [-0.25, -0.2) is 9.80 Å². The highest BCUT2D eigenvalue weighted by molar-refractivity contribution is 5.96. The third-order valence-electron chi connectivity index (χ3n) is 4.79. The first-order valence-corrected chi connectivity index (χ1v) is 8.99. The number of carbonyl (C=O) groups is 2. The fourth-order valence-electron chi connectivity index (χ4n) is 3.46. The highest BCUT2D eigenvalue weighted by atomic mass is 16.2. The zero-order chi connectivity index (χ0) is 19.5. The molecular weight excluding hydrogens is 352 g/mol. The maximum Gasteiger partial charge on any atom is 0.341 e. The maximum atomic E-state index is 13.0. The Morgan fingerprint density at radius 2 is 1.43 bits per heavy atom. The molecule has 1 aliphatic heterocycles. The molecule has 4 N–H and O–H groups in total. The second-order valence-corrected chi connectivity index (χ2v) is 6.64. The van der Waals surface area contributed by atoms with Crippen LogP contribution in [0.1, 0.15) is 23.1 Å². The number of nitrogens with one attached hydrogen (secondary N) is 2. The SMILES string of the molecule is Nc1ccc(NC(=O)N2NC(=O)C(c3ccccc3)C2c2ccccc2)cc1. The number of benzene rings is 3. The molecule has 28 heavy (non-hydrogen) atoms. The Hall–Kier alpha value is -3.80. The number of anilines is 2. The molecule has 3 aromatic rings. The lowest BCUT2D eigenvalue weighted by Crippen LogP contribution is -2.42. The second kappa shape index (κ2) is 7.44. The van der Waals surface area contributed by atoms with Crippen LogP contribution in [0.3, 0.4) is 0 Å². The molecule has 4 rings (SSSR count). The predicted molar refractivity (Wildman–Crippen MR) is 108 cm³/mol. The summed E-state index contributed by atoms with van der Waals surface area (Å²) in [5.74, 6) is -0.715. The predicted octanol–water partition coefficient (Wildman–Crippen LogP) is 3.67. The van der Waals surface area contributed by atoms with Crippen molar-refractivity contribution in [1.29, 1.82) is 0 Å². The molecule has 1 heterocycles. The third kappa shape index (κ3) is 3.40. The van der Waals surface area contributed by atoms with Gasteiger partial charge in [0.25, 0.3) is 0 Å². The normalized spacial score (nSPS) is 18.6. The van der Waals surface area contributed by atoms with Crippen LogP contribution in [0.25, 0.3) is 0 Å². The fraction of sp³-hybridized carbons (Fsp3) is 0.0909. The molecule has 6 nitrogen and oxygen atoms in total. The molecule has 1 fully saturated rings. The zero-order valence-corrected chi connectivity index (χ0v) is 15.1. The third-order valence-corrected chi connectivity index (χ3v) is 4.79. The summed E-state index contributed by atoms with van der Waals surface area (Å²) in [6, 6.07) is 25.0. The summed E-state index contributed by atoms with van der Waals surface area (Å²) in [6.07, 6.45) is 0. The summed E-state index contributed by atoms with van der Waals surface area (Å²) in [6.45, 7) is 0. The fourth-order valence-corrected chi connectivity index (χ4v) is 3.46. The quantitative estimate of drug-likeness (QED) is 0.613. The number of nitrogen functional groups attached to an aromatic ring is 1. The van der Waals surface area contributed by atoms with Crippen molar-refractivity contribution in [3.63, 3.8) is 0 Å². The topological polar surface area (TPSA) is 87.5 Å². The first-order valence-electron chi connectivity index (χ1n) is 8.99. The molecule has 1 saturated heterocycles. The first-order chi connectivity index (χ1) is 13.6. The molecule has 2 unspecified atom stereocenters. The Balaban J connectivity index is 1.68. The van der Waals surface area contributed by atoms with Crippen LogP contribution in [-0.2, 0) is 4.79 Å². The lowest BCUT2D eigenvalue weighted by Gasteiger charge is -2.26. The van der Waals surface area contributed by atoms with E-state index in [0.29, 0.717) is 11.4 Å². The summed E-state index contributed by atoms with van der Waals surface area (Å²) in [4.78, 5) is 25.8. The van der Waals surface area contributed by atoms with Crippen LogP contribution in [-0.4, -0.2) is 16.9 Å². The second-order valence-electron chi connectivity index (χ2n) is 6.64. The van der Waals surface area contributed by atoms with Gasteiger partial charge in [0.15, 0.2) is 0 Å². The van der Waals surface area contributed by atoms with Crippen molar-refractivity contribution in [2.75, 3.05) is 11.1 Å². The number of nitrogens with zero attached hydrogens (tertiary/aromatic N) is 1. The molecule has 0 saturated carbocycles. The van der Waals surface area contributed by atoms with E-state index in [2.05, 4.69) is 10.7 Å². The van der Waals surface area contributed by atoms with E-state index in [-0.39, 0.29) is 5.91 Å². The molecule has 0 radical (unpaired) electrons. The lowest BCUT2D eigenvalue weighted by molar-refractivity contribution is -0.121. The summed E-state index contributed by atoms with van der Waals surface area (Å²) < 4.78 is 0. The van der Waals surface area contributed by atoms with Crippen LogP contribution < -0.4 is 16.5 Å².